The molecule has 11 rings (SSSR count). The van der Waals surface area contributed by atoms with Gasteiger partial charge in [-0.1, -0.05) is 71.4 Å². The van der Waals surface area contributed by atoms with Crippen LogP contribution in [0.1, 0.15) is 146 Å². The third-order valence-corrected chi connectivity index (χ3v) is 22.3. The van der Waals surface area contributed by atoms with Crippen LogP contribution in [0.2, 0.25) is 0 Å². The lowest BCUT2D eigenvalue weighted by atomic mass is 9.51. The number of phenolic OH excluding ortho intramolecular Hbond substituents is 1. The van der Waals surface area contributed by atoms with Gasteiger partial charge in [0.05, 0.1) is 23.6 Å². The average Bonchev–Trinajstić information content (AvgIpc) is 3.83. The number of hydrogen-bond acceptors (Lipinski definition) is 14. The van der Waals surface area contributed by atoms with Crippen molar-refractivity contribution < 1.29 is 49.0 Å². The highest BCUT2D eigenvalue weighted by molar-refractivity contribution is 8.77. The molecular weight excluding hydrogens is 927 g/mol. The van der Waals surface area contributed by atoms with Crippen LogP contribution in [0.3, 0.4) is 0 Å². The molecule has 2 saturated carbocycles. The van der Waals surface area contributed by atoms with Gasteiger partial charge in [-0.25, -0.2) is 4.79 Å². The minimum absolute atomic E-state index is 0.00524. The van der Waals surface area contributed by atoms with Crippen LogP contribution in [0.15, 0.2) is 24.3 Å². The number of hydrogen-bond donors (Lipinski definition) is 7. The molecule has 15 heteroatoms. The van der Waals surface area contributed by atoms with Gasteiger partial charge < -0.3 is 50.6 Å². The predicted octanol–water partition coefficient (Wildman–Crippen LogP) is 6.65. The normalized spacial score (nSPS) is 40.9. The van der Waals surface area contributed by atoms with E-state index in [0.29, 0.717) is 89.0 Å². The summed E-state index contributed by atoms with van der Waals surface area (Å²) < 4.78 is 20.7. The van der Waals surface area contributed by atoms with E-state index >= 15 is 4.79 Å². The summed E-state index contributed by atoms with van der Waals surface area (Å²) in [6.07, 6.45) is 13.1. The van der Waals surface area contributed by atoms with Gasteiger partial charge in [-0.05, 0) is 121 Å². The van der Waals surface area contributed by atoms with Gasteiger partial charge in [0.15, 0.2) is 11.5 Å². The molecule has 5 fully saturated rings. The lowest BCUT2D eigenvalue weighted by Crippen LogP contribution is -2.65. The first-order chi connectivity index (χ1) is 33.7. The molecule has 1 amide bonds. The number of amides is 1. The number of aliphatic hydroxyl groups excluding tert-OH is 2. The van der Waals surface area contributed by atoms with E-state index in [2.05, 4.69) is 46.0 Å². The Balaban J connectivity index is 1.18. The van der Waals surface area contributed by atoms with Gasteiger partial charge in [0.1, 0.15) is 17.7 Å². The van der Waals surface area contributed by atoms with Crippen LogP contribution in [0.4, 0.5) is 0 Å². The summed E-state index contributed by atoms with van der Waals surface area (Å²) in [5.74, 6) is 6.01. The summed E-state index contributed by atoms with van der Waals surface area (Å²) in [5, 5.41) is 57.7. The smallest absolute Gasteiger partial charge is 0.332 e. The second-order valence-electron chi connectivity index (χ2n) is 23.3. The summed E-state index contributed by atoms with van der Waals surface area (Å²) in [6, 6.07) is 3.54. The molecule has 0 radical (unpaired) electrons. The molecule has 1 aromatic carbocycles. The molecule has 2 bridgehead atoms. The largest absolute Gasteiger partial charge is 0.504 e. The standard InChI is InChI=1S/C55H77N3O10S2/c1-32(60)67-42-27-44(68-51(64)55-20-5-4-11-36(55)13-17-45(62)58-55)54(21-23-57-24-22-54)47-33(25-39-40(53(30-59)18-6-7-19-53)29-66-50-41(61)15-14-37(47)46(39)50)9-8-10-35-28-52(2,65)31-69-70-43-16-12-34(26-38(35)42)49(63)48(43)56-3/h12,14-16,33-36,38-40,42-44,47-49,56-57,59,61,63,65H,4-7,10-11,13,17-31H2,1-3H3,(H,58,62). The summed E-state index contributed by atoms with van der Waals surface area (Å²) in [7, 11) is 5.14. The Morgan fingerprint density at radius 1 is 1.01 bits per heavy atom. The highest BCUT2D eigenvalue weighted by atomic mass is 33.1. The molecule has 10 aliphatic rings. The first-order valence-corrected chi connectivity index (χ1v) is 29.1. The van der Waals surface area contributed by atoms with Gasteiger partial charge in [0, 0.05) is 90.6 Å². The van der Waals surface area contributed by atoms with Crippen LogP contribution in [0.25, 0.3) is 0 Å². The molecule has 1 aromatic rings. The van der Waals surface area contributed by atoms with E-state index < -0.39 is 52.7 Å². The number of aromatic hydroxyl groups is 1. The SMILES string of the molecule is CNC1C2C=CC(CC3C(CC#CC4CC5c6c(ccc(O)c6OCC5C5(CO)CCCC5)C4C4(CCNCC4)C(OC(=O)C45CCCCC4CCC(=O)N5)CC3OC(C)=O)CC(C)(O)CSS2)C1O. The maximum absolute atomic E-state index is 15.7. The number of carbonyl (C=O) groups is 3. The van der Waals surface area contributed by atoms with Gasteiger partial charge in [-0.2, -0.15) is 0 Å². The van der Waals surface area contributed by atoms with E-state index in [1.807, 2.05) is 14.0 Å². The quantitative estimate of drug-likeness (QED) is 0.0693. The number of nitrogens with one attached hydrogen (secondary N) is 3. The Labute approximate surface area is 422 Å². The summed E-state index contributed by atoms with van der Waals surface area (Å²) in [4.78, 5) is 42.9. The van der Waals surface area contributed by atoms with Gasteiger partial charge >= 0.3 is 11.9 Å². The number of esters is 2. The van der Waals surface area contributed by atoms with E-state index in [1.54, 1.807) is 27.7 Å². The maximum atomic E-state index is 15.7. The first-order valence-electron chi connectivity index (χ1n) is 26.7. The van der Waals surface area contributed by atoms with Crippen LogP contribution in [0.5, 0.6) is 11.5 Å². The molecule has 0 aromatic heterocycles. The van der Waals surface area contributed by atoms with Gasteiger partial charge in [0.25, 0.3) is 0 Å². The number of ether oxygens (including phenoxy) is 3. The van der Waals surface area contributed by atoms with Gasteiger partial charge in [-0.3, -0.25) is 9.59 Å². The van der Waals surface area contributed by atoms with Crippen molar-refractivity contribution in [3.8, 4) is 23.3 Å². The molecule has 7 N–H and O–H groups in total. The van der Waals surface area contributed by atoms with Crippen LogP contribution in [0, 0.1) is 58.2 Å². The van der Waals surface area contributed by atoms with Crippen LogP contribution >= 0.6 is 21.6 Å². The monoisotopic (exact) mass is 1000 g/mol. The Morgan fingerprint density at radius 3 is 2.56 bits per heavy atom. The van der Waals surface area contributed by atoms with Crippen molar-refractivity contribution >= 4 is 39.4 Å². The zero-order chi connectivity index (χ0) is 49.0. The third kappa shape index (κ3) is 9.22. The fourth-order valence-corrected chi connectivity index (χ4v) is 19.1. The molecule has 15 unspecified atom stereocenters. The van der Waals surface area contributed by atoms with E-state index in [9.17, 15) is 30.0 Å². The van der Waals surface area contributed by atoms with Crippen molar-refractivity contribution in [3.05, 3.63) is 35.4 Å². The van der Waals surface area contributed by atoms with E-state index in [1.165, 1.54) is 6.92 Å². The van der Waals surface area contributed by atoms with Gasteiger partial charge in [0.2, 0.25) is 5.91 Å². The first kappa shape index (κ1) is 50.6. The fourth-order valence-electron chi connectivity index (χ4n) is 15.9. The van der Waals surface area contributed by atoms with Crippen molar-refractivity contribution in [1.29, 1.82) is 0 Å². The van der Waals surface area contributed by atoms with Crippen LogP contribution in [-0.2, 0) is 23.9 Å². The molecule has 15 atom stereocenters. The molecule has 5 aliphatic carbocycles. The molecule has 384 valence electrons. The van der Waals surface area contributed by atoms with Crippen molar-refractivity contribution in [3.63, 3.8) is 0 Å². The van der Waals surface area contributed by atoms with Crippen molar-refractivity contribution in [2.45, 2.75) is 176 Å². The number of aliphatic hydroxyl groups is 3. The van der Waals surface area contributed by atoms with E-state index in [4.69, 9.17) is 14.2 Å². The summed E-state index contributed by atoms with van der Waals surface area (Å²) >= 11 is 0. The number of piperidine rings is 2. The molecule has 5 aliphatic heterocycles. The molecule has 3 saturated heterocycles. The Morgan fingerprint density at radius 2 is 1.80 bits per heavy atom. The van der Waals surface area contributed by atoms with E-state index in [-0.39, 0.29) is 82.8 Å². The topological polar surface area (TPSA) is 196 Å². The zero-order valence-electron chi connectivity index (χ0n) is 41.4. The summed E-state index contributed by atoms with van der Waals surface area (Å²) in [5.41, 5.74) is -1.40. The predicted molar refractivity (Wildman–Crippen MR) is 270 cm³/mol. The lowest BCUT2D eigenvalue weighted by Gasteiger charge is -2.56. The number of fused-ring (bicyclic) bond motifs is 9. The van der Waals surface area contributed by atoms with Crippen LogP contribution in [-0.4, -0.2) is 118 Å². The maximum Gasteiger partial charge on any atom is 0.332 e. The van der Waals surface area contributed by atoms with Gasteiger partial charge in [-0.15, -0.1) is 5.92 Å². The van der Waals surface area contributed by atoms with Crippen LogP contribution < -0.4 is 20.7 Å². The minimum Gasteiger partial charge on any atom is -0.504 e. The molecule has 13 nitrogen and oxygen atoms in total. The van der Waals surface area contributed by atoms with E-state index in [0.717, 1.165) is 56.1 Å². The highest BCUT2D eigenvalue weighted by Gasteiger charge is 2.61. The number of likely N-dealkylation sites (N-methyl/N-ethyl adjacent to an activating group) is 1. The molecule has 70 heavy (non-hydrogen) atoms. The lowest BCUT2D eigenvalue weighted by molar-refractivity contribution is -0.183. The number of phenols is 1. The van der Waals surface area contributed by atoms with Crippen molar-refractivity contribution in [2.75, 3.05) is 39.1 Å². The minimum atomic E-state index is -1.18. The number of carbonyl (C=O) groups excluding carboxylic acids is 3. The Kier molecular flexibility index (Phi) is 14.7. The Hall–Kier alpha value is -2.97. The Bertz CT molecular complexity index is 2220. The van der Waals surface area contributed by atoms with Crippen molar-refractivity contribution in [2.24, 2.45) is 46.3 Å². The molecule has 5 heterocycles. The second-order valence-corrected chi connectivity index (χ2v) is 25.9. The third-order valence-electron chi connectivity index (χ3n) is 19.3. The summed E-state index contributed by atoms with van der Waals surface area (Å²) in [6.45, 7) is 5.05. The fraction of sp³-hybridized carbons (Fsp3) is 0.764. The van der Waals surface area contributed by atoms with Crippen molar-refractivity contribution in [1.82, 2.24) is 16.0 Å². The second kappa shape index (κ2) is 20.4. The molecular formula is C55H77N3O10S2. The number of rotatable bonds is 6. The zero-order valence-corrected chi connectivity index (χ0v) is 43.1. The highest BCUT2D eigenvalue weighted by Crippen LogP contribution is 2.65. The number of benzene rings is 1. The average molecular weight is 1000 g/mol. The molecule has 1 spiro atoms.